The summed E-state index contributed by atoms with van der Waals surface area (Å²) < 4.78 is 43.3. The summed E-state index contributed by atoms with van der Waals surface area (Å²) >= 11 is 7.52. The minimum atomic E-state index is -0.538. The lowest BCUT2D eigenvalue weighted by Gasteiger charge is -2.27. The van der Waals surface area contributed by atoms with Crippen LogP contribution < -0.4 is 0 Å². The predicted octanol–water partition coefficient (Wildman–Crippen LogP) is 7.56. The van der Waals surface area contributed by atoms with E-state index in [1.54, 1.807) is 42.6 Å². The summed E-state index contributed by atoms with van der Waals surface area (Å²) in [6.07, 6.45) is 1.75. The Morgan fingerprint density at radius 3 is 2.16 bits per heavy atom. The quantitative estimate of drug-likeness (QED) is 0.269. The second-order valence-corrected chi connectivity index (χ2v) is 9.21. The van der Waals surface area contributed by atoms with Gasteiger partial charge in [0, 0.05) is 27.4 Å². The Bertz CT molecular complexity index is 1220. The molecule has 0 aliphatic carbocycles. The van der Waals surface area contributed by atoms with Gasteiger partial charge in [0.15, 0.2) is 5.16 Å². The van der Waals surface area contributed by atoms with E-state index in [4.69, 9.17) is 11.6 Å². The third-order valence-corrected chi connectivity index (χ3v) is 6.76. The number of aromatic nitrogens is 2. The summed E-state index contributed by atoms with van der Waals surface area (Å²) in [4.78, 5) is 4.59. The fourth-order valence-corrected chi connectivity index (χ4v) is 4.87. The first-order chi connectivity index (χ1) is 15.3. The molecule has 2 nitrogen and oxygen atoms in total. The molecular formula is C25H20ClF3N2S. The van der Waals surface area contributed by atoms with E-state index < -0.39 is 5.41 Å². The van der Waals surface area contributed by atoms with Crippen LogP contribution in [-0.4, -0.2) is 9.55 Å². The first-order valence-electron chi connectivity index (χ1n) is 9.93. The number of benzene rings is 3. The van der Waals surface area contributed by atoms with Gasteiger partial charge in [0.25, 0.3) is 0 Å². The van der Waals surface area contributed by atoms with Gasteiger partial charge in [-0.1, -0.05) is 55.4 Å². The van der Waals surface area contributed by atoms with Gasteiger partial charge in [-0.05, 0) is 54.1 Å². The molecule has 0 atom stereocenters. The van der Waals surface area contributed by atoms with Crippen LogP contribution in [0.4, 0.5) is 13.2 Å². The van der Waals surface area contributed by atoms with Crippen LogP contribution in [0.1, 0.15) is 30.7 Å². The second kappa shape index (κ2) is 9.04. The van der Waals surface area contributed by atoms with Crippen molar-refractivity contribution in [2.45, 2.75) is 30.2 Å². The summed E-state index contributed by atoms with van der Waals surface area (Å²) in [7, 11) is 0. The van der Waals surface area contributed by atoms with Gasteiger partial charge in [-0.3, -0.25) is 4.57 Å². The van der Waals surface area contributed by atoms with Gasteiger partial charge >= 0.3 is 0 Å². The monoisotopic (exact) mass is 472 g/mol. The Hall–Kier alpha value is -2.70. The van der Waals surface area contributed by atoms with Crippen LogP contribution in [0.25, 0.3) is 5.69 Å². The molecule has 0 unspecified atom stereocenters. The number of hydrogen-bond acceptors (Lipinski definition) is 2. The van der Waals surface area contributed by atoms with E-state index in [1.807, 2.05) is 18.4 Å². The Balaban J connectivity index is 1.78. The molecule has 0 aliphatic rings. The highest BCUT2D eigenvalue weighted by molar-refractivity contribution is 7.98. The van der Waals surface area contributed by atoms with E-state index in [9.17, 15) is 13.2 Å². The summed E-state index contributed by atoms with van der Waals surface area (Å²) in [5, 5.41) is 0.963. The minimum Gasteiger partial charge on any atom is -0.291 e. The zero-order chi connectivity index (χ0) is 22.9. The van der Waals surface area contributed by atoms with Crippen molar-refractivity contribution in [1.82, 2.24) is 9.55 Å². The molecule has 0 saturated heterocycles. The van der Waals surface area contributed by atoms with Crippen molar-refractivity contribution in [3.63, 3.8) is 0 Å². The van der Waals surface area contributed by atoms with E-state index in [0.29, 0.717) is 15.7 Å². The van der Waals surface area contributed by atoms with Crippen molar-refractivity contribution in [3.8, 4) is 5.69 Å². The molecule has 0 N–H and O–H groups in total. The van der Waals surface area contributed by atoms with Gasteiger partial charge in [0.2, 0.25) is 0 Å². The van der Waals surface area contributed by atoms with E-state index >= 15 is 0 Å². The fraction of sp³-hybridized carbons (Fsp3) is 0.160. The Morgan fingerprint density at radius 2 is 1.53 bits per heavy atom. The molecule has 0 bridgehead atoms. The van der Waals surface area contributed by atoms with Crippen LogP contribution in [0.2, 0.25) is 5.02 Å². The number of imidazole rings is 1. The van der Waals surface area contributed by atoms with Crippen LogP contribution in [0.15, 0.2) is 78.1 Å². The van der Waals surface area contributed by atoms with E-state index in [-0.39, 0.29) is 23.2 Å². The topological polar surface area (TPSA) is 17.8 Å². The zero-order valence-electron chi connectivity index (χ0n) is 17.4. The van der Waals surface area contributed by atoms with E-state index in [2.05, 4.69) is 4.98 Å². The molecule has 1 aromatic heterocycles. The zero-order valence-corrected chi connectivity index (χ0v) is 19.0. The summed E-state index contributed by atoms with van der Waals surface area (Å²) in [6.45, 7) is 4.03. The second-order valence-electron chi connectivity index (χ2n) is 7.86. The molecule has 4 aromatic rings. The maximum Gasteiger partial charge on any atom is 0.173 e. The van der Waals surface area contributed by atoms with Crippen LogP contribution in [-0.2, 0) is 11.2 Å². The SMILES string of the molecule is CC(C)(c1ccc(F)cc1)c1cnc(SCc2c(F)cccc2Cl)n1-c1ccc(F)cc1. The summed E-state index contributed by atoms with van der Waals surface area (Å²) in [5.41, 5.74) is 2.31. The maximum atomic E-state index is 14.3. The van der Waals surface area contributed by atoms with Crippen molar-refractivity contribution in [2.75, 3.05) is 0 Å². The molecule has 3 aromatic carbocycles. The van der Waals surface area contributed by atoms with Crippen molar-refractivity contribution in [1.29, 1.82) is 0 Å². The van der Waals surface area contributed by atoms with Gasteiger partial charge in [0.05, 0.1) is 11.9 Å². The normalized spacial score (nSPS) is 11.7. The first-order valence-corrected chi connectivity index (χ1v) is 11.3. The third kappa shape index (κ3) is 4.43. The fourth-order valence-electron chi connectivity index (χ4n) is 3.54. The molecule has 0 radical (unpaired) electrons. The molecule has 1 heterocycles. The molecule has 0 amide bonds. The smallest absolute Gasteiger partial charge is 0.173 e. The molecule has 4 rings (SSSR count). The summed E-state index contributed by atoms with van der Waals surface area (Å²) in [6, 6.07) is 17.0. The third-order valence-electron chi connectivity index (χ3n) is 5.43. The molecule has 0 fully saturated rings. The maximum absolute atomic E-state index is 14.3. The molecule has 0 aliphatic heterocycles. The highest BCUT2D eigenvalue weighted by Gasteiger charge is 2.29. The van der Waals surface area contributed by atoms with Gasteiger partial charge in [-0.25, -0.2) is 18.2 Å². The Labute approximate surface area is 194 Å². The van der Waals surface area contributed by atoms with Crippen molar-refractivity contribution in [2.24, 2.45) is 0 Å². The van der Waals surface area contributed by atoms with Gasteiger partial charge in [-0.2, -0.15) is 0 Å². The Kier molecular flexibility index (Phi) is 6.35. The van der Waals surface area contributed by atoms with Crippen LogP contribution in [0, 0.1) is 17.5 Å². The van der Waals surface area contributed by atoms with Crippen molar-refractivity contribution < 1.29 is 13.2 Å². The largest absolute Gasteiger partial charge is 0.291 e. The lowest BCUT2D eigenvalue weighted by molar-refractivity contribution is 0.585. The highest BCUT2D eigenvalue weighted by Crippen LogP contribution is 2.37. The highest BCUT2D eigenvalue weighted by atomic mass is 35.5. The predicted molar refractivity (Wildman–Crippen MR) is 123 cm³/mol. The Morgan fingerprint density at radius 1 is 0.906 bits per heavy atom. The number of thioether (sulfide) groups is 1. The molecular weight excluding hydrogens is 453 g/mol. The van der Waals surface area contributed by atoms with Crippen molar-refractivity contribution in [3.05, 3.63) is 112 Å². The van der Waals surface area contributed by atoms with Crippen LogP contribution in [0.5, 0.6) is 0 Å². The van der Waals surface area contributed by atoms with Gasteiger partial charge in [-0.15, -0.1) is 0 Å². The number of hydrogen-bond donors (Lipinski definition) is 0. The average molecular weight is 473 g/mol. The molecule has 32 heavy (non-hydrogen) atoms. The lowest BCUT2D eigenvalue weighted by atomic mass is 9.81. The van der Waals surface area contributed by atoms with Gasteiger partial charge < -0.3 is 0 Å². The number of halogens is 4. The minimum absolute atomic E-state index is 0.278. The van der Waals surface area contributed by atoms with Crippen LogP contribution >= 0.6 is 23.4 Å². The number of nitrogens with zero attached hydrogens (tertiary/aromatic N) is 2. The van der Waals surface area contributed by atoms with E-state index in [1.165, 1.54) is 42.1 Å². The van der Waals surface area contributed by atoms with E-state index in [0.717, 1.165) is 16.9 Å². The number of rotatable bonds is 6. The molecule has 0 saturated carbocycles. The molecule has 164 valence electrons. The first kappa shape index (κ1) is 22.5. The lowest BCUT2D eigenvalue weighted by Crippen LogP contribution is -2.23. The average Bonchev–Trinajstić information content (AvgIpc) is 3.19. The summed E-state index contributed by atoms with van der Waals surface area (Å²) in [5.74, 6) is -0.757. The standard InChI is InChI=1S/C25H20ClF3N2S/c1-25(2,16-6-8-17(27)9-7-16)23-14-30-24(31(23)19-12-10-18(28)11-13-19)32-15-20-21(26)4-3-5-22(20)29/h3-14H,15H2,1-2H3. The molecule has 7 heteroatoms. The molecule has 0 spiro atoms. The van der Waals surface area contributed by atoms with Crippen LogP contribution in [0.3, 0.4) is 0 Å². The van der Waals surface area contributed by atoms with Gasteiger partial charge in [0.1, 0.15) is 17.5 Å². The van der Waals surface area contributed by atoms with Crippen molar-refractivity contribution >= 4 is 23.4 Å².